The van der Waals surface area contributed by atoms with Gasteiger partial charge in [-0.3, -0.25) is 4.98 Å². The Labute approximate surface area is 128 Å². The van der Waals surface area contributed by atoms with Crippen LogP contribution >= 0.6 is 0 Å². The third-order valence-electron chi connectivity index (χ3n) is 5.66. The molecule has 1 aliphatic rings. The van der Waals surface area contributed by atoms with Crippen LogP contribution in [0.25, 0.3) is 11.3 Å². The minimum atomic E-state index is 0.0444. The van der Waals surface area contributed by atoms with Gasteiger partial charge in [-0.25, -0.2) is 0 Å². The Morgan fingerprint density at radius 1 is 0.762 bits per heavy atom. The highest BCUT2D eigenvalue weighted by molar-refractivity contribution is 5.82. The van der Waals surface area contributed by atoms with Crippen LogP contribution in [0.2, 0.25) is 0 Å². The third kappa shape index (κ3) is 1.67. The van der Waals surface area contributed by atoms with Gasteiger partial charge in [0.2, 0.25) is 0 Å². The van der Waals surface area contributed by atoms with Gasteiger partial charge in [-0.15, -0.1) is 0 Å². The standard InChI is InChI=1S/C20H25N/c1-10-9-16-17(13(4)11(10)2)20(7,8)18-14(5)12(3)15(6)21-19(16)18/h9H,1-8H3. The molecule has 0 fully saturated rings. The SMILES string of the molecule is Cc1cc2c(c(C)c1C)C(C)(C)c1c-2nc(C)c(C)c1C. The summed E-state index contributed by atoms with van der Waals surface area (Å²) in [6, 6.07) is 2.34. The number of pyridine rings is 1. The van der Waals surface area contributed by atoms with E-state index in [1.54, 1.807) is 0 Å². The molecule has 1 heterocycles. The van der Waals surface area contributed by atoms with Crippen molar-refractivity contribution in [3.8, 4) is 11.3 Å². The molecule has 21 heavy (non-hydrogen) atoms. The summed E-state index contributed by atoms with van der Waals surface area (Å²) in [6.45, 7) is 18.0. The molecule has 0 unspecified atom stereocenters. The second-order valence-electron chi connectivity index (χ2n) is 7.16. The van der Waals surface area contributed by atoms with Crippen molar-refractivity contribution in [2.75, 3.05) is 0 Å². The highest BCUT2D eigenvalue weighted by Gasteiger charge is 2.40. The number of rotatable bonds is 0. The van der Waals surface area contributed by atoms with E-state index in [0.717, 1.165) is 5.69 Å². The predicted molar refractivity (Wildman–Crippen MR) is 90.2 cm³/mol. The van der Waals surface area contributed by atoms with Crippen LogP contribution in [0, 0.1) is 41.5 Å². The number of nitrogens with zero attached hydrogens (tertiary/aromatic N) is 1. The molecule has 0 radical (unpaired) electrons. The molecule has 0 saturated carbocycles. The van der Waals surface area contributed by atoms with Crippen LogP contribution in [0.4, 0.5) is 0 Å². The van der Waals surface area contributed by atoms with E-state index < -0.39 is 0 Å². The van der Waals surface area contributed by atoms with E-state index in [-0.39, 0.29) is 5.41 Å². The van der Waals surface area contributed by atoms with Gasteiger partial charge < -0.3 is 0 Å². The number of hydrogen-bond donors (Lipinski definition) is 0. The Hall–Kier alpha value is -1.63. The minimum absolute atomic E-state index is 0.0444. The fourth-order valence-electron chi connectivity index (χ4n) is 4.10. The molecule has 0 spiro atoms. The summed E-state index contributed by atoms with van der Waals surface area (Å²) in [5, 5.41) is 0. The lowest BCUT2D eigenvalue weighted by Crippen LogP contribution is -2.19. The molecule has 0 bridgehead atoms. The molecular weight excluding hydrogens is 254 g/mol. The maximum atomic E-state index is 4.96. The maximum absolute atomic E-state index is 4.96. The van der Waals surface area contributed by atoms with E-state index in [9.17, 15) is 0 Å². The van der Waals surface area contributed by atoms with Gasteiger partial charge in [-0.2, -0.15) is 0 Å². The fourth-order valence-corrected chi connectivity index (χ4v) is 4.10. The largest absolute Gasteiger partial charge is 0.253 e. The molecule has 0 amide bonds. The van der Waals surface area contributed by atoms with E-state index in [4.69, 9.17) is 4.98 Å². The van der Waals surface area contributed by atoms with Crippen LogP contribution in [0.15, 0.2) is 6.07 Å². The summed E-state index contributed by atoms with van der Waals surface area (Å²) in [6.07, 6.45) is 0. The Kier molecular flexibility index (Phi) is 2.86. The van der Waals surface area contributed by atoms with Crippen molar-refractivity contribution >= 4 is 0 Å². The van der Waals surface area contributed by atoms with Gasteiger partial charge in [0.15, 0.2) is 0 Å². The quantitative estimate of drug-likeness (QED) is 0.642. The van der Waals surface area contributed by atoms with Gasteiger partial charge in [0.05, 0.1) is 5.69 Å². The van der Waals surface area contributed by atoms with E-state index >= 15 is 0 Å². The molecule has 1 aliphatic carbocycles. The lowest BCUT2D eigenvalue weighted by atomic mass is 9.77. The molecule has 0 atom stereocenters. The summed E-state index contributed by atoms with van der Waals surface area (Å²) in [5.74, 6) is 0. The highest BCUT2D eigenvalue weighted by atomic mass is 14.7. The summed E-state index contributed by atoms with van der Waals surface area (Å²) >= 11 is 0. The summed E-state index contributed by atoms with van der Waals surface area (Å²) in [5.41, 5.74) is 13.6. The lowest BCUT2D eigenvalue weighted by molar-refractivity contribution is 0.647. The molecule has 0 saturated heterocycles. The van der Waals surface area contributed by atoms with Crippen molar-refractivity contribution in [1.29, 1.82) is 0 Å². The summed E-state index contributed by atoms with van der Waals surface area (Å²) < 4.78 is 0. The zero-order chi connectivity index (χ0) is 15.7. The number of hydrogen-bond acceptors (Lipinski definition) is 1. The zero-order valence-electron chi connectivity index (χ0n) is 14.5. The van der Waals surface area contributed by atoms with Crippen molar-refractivity contribution in [3.05, 3.63) is 50.7 Å². The van der Waals surface area contributed by atoms with Crippen molar-refractivity contribution in [2.24, 2.45) is 0 Å². The van der Waals surface area contributed by atoms with Crippen molar-refractivity contribution < 1.29 is 0 Å². The van der Waals surface area contributed by atoms with Crippen molar-refractivity contribution in [3.63, 3.8) is 0 Å². The minimum Gasteiger partial charge on any atom is -0.253 e. The van der Waals surface area contributed by atoms with Crippen molar-refractivity contribution in [2.45, 2.75) is 60.8 Å². The third-order valence-corrected chi connectivity index (χ3v) is 5.66. The molecule has 2 aromatic rings. The Bertz CT molecular complexity index is 714. The Morgan fingerprint density at radius 3 is 1.95 bits per heavy atom. The molecule has 1 aromatic carbocycles. The van der Waals surface area contributed by atoms with Gasteiger partial charge in [0.25, 0.3) is 0 Å². The Balaban J connectivity index is 2.51. The monoisotopic (exact) mass is 279 g/mol. The summed E-state index contributed by atoms with van der Waals surface area (Å²) in [7, 11) is 0. The second-order valence-corrected chi connectivity index (χ2v) is 7.16. The average Bonchev–Trinajstić information content (AvgIpc) is 2.61. The Morgan fingerprint density at radius 2 is 1.33 bits per heavy atom. The van der Waals surface area contributed by atoms with Gasteiger partial charge >= 0.3 is 0 Å². The first kappa shape index (κ1) is 14.3. The van der Waals surface area contributed by atoms with Gasteiger partial charge in [-0.05, 0) is 86.6 Å². The molecular formula is C20H25N. The first-order valence-electron chi connectivity index (χ1n) is 7.77. The highest BCUT2D eigenvalue weighted by Crippen LogP contribution is 2.52. The first-order valence-corrected chi connectivity index (χ1v) is 7.77. The molecule has 0 N–H and O–H groups in total. The molecule has 3 rings (SSSR count). The van der Waals surface area contributed by atoms with Crippen LogP contribution in [0.3, 0.4) is 0 Å². The molecule has 1 nitrogen and oxygen atoms in total. The van der Waals surface area contributed by atoms with Crippen molar-refractivity contribution in [1.82, 2.24) is 4.98 Å². The lowest BCUT2D eigenvalue weighted by Gasteiger charge is -2.26. The number of fused-ring (bicyclic) bond motifs is 3. The molecule has 1 heteroatoms. The molecule has 0 aliphatic heterocycles. The maximum Gasteiger partial charge on any atom is 0.0752 e. The topological polar surface area (TPSA) is 12.9 Å². The van der Waals surface area contributed by atoms with E-state index in [1.807, 2.05) is 0 Å². The van der Waals surface area contributed by atoms with Gasteiger partial charge in [0, 0.05) is 16.7 Å². The van der Waals surface area contributed by atoms with Gasteiger partial charge in [0.1, 0.15) is 0 Å². The van der Waals surface area contributed by atoms with Crippen LogP contribution in [-0.4, -0.2) is 4.98 Å². The van der Waals surface area contributed by atoms with Crippen LogP contribution in [0.1, 0.15) is 58.5 Å². The average molecular weight is 279 g/mol. The number of benzene rings is 1. The molecule has 110 valence electrons. The zero-order valence-corrected chi connectivity index (χ0v) is 14.5. The smallest absolute Gasteiger partial charge is 0.0752 e. The van der Waals surface area contributed by atoms with Gasteiger partial charge in [-0.1, -0.05) is 13.8 Å². The van der Waals surface area contributed by atoms with Crippen LogP contribution in [-0.2, 0) is 5.41 Å². The normalized spacial score (nSPS) is 15.0. The predicted octanol–water partition coefficient (Wildman–Crippen LogP) is 5.24. The fraction of sp³-hybridized carbons (Fsp3) is 0.450. The summed E-state index contributed by atoms with van der Waals surface area (Å²) in [4.78, 5) is 4.96. The first-order chi connectivity index (χ1) is 9.67. The second kappa shape index (κ2) is 4.19. The van der Waals surface area contributed by atoms with E-state index in [2.05, 4.69) is 61.5 Å². The van der Waals surface area contributed by atoms with E-state index in [0.29, 0.717) is 0 Å². The number of aryl methyl sites for hydroxylation is 2. The van der Waals surface area contributed by atoms with Crippen LogP contribution < -0.4 is 0 Å². The van der Waals surface area contributed by atoms with Crippen LogP contribution in [0.5, 0.6) is 0 Å². The molecule has 1 aromatic heterocycles. The number of aromatic nitrogens is 1. The van der Waals surface area contributed by atoms with E-state index in [1.165, 1.54) is 50.2 Å².